The summed E-state index contributed by atoms with van der Waals surface area (Å²) in [5.74, 6) is 0.712. The van der Waals surface area contributed by atoms with Gasteiger partial charge in [-0.05, 0) is 78.3 Å². The molecule has 1 aliphatic rings. The molecular formula is C25H28N6O. The highest BCUT2D eigenvalue weighted by Crippen LogP contribution is 2.30. The Bertz CT molecular complexity index is 1290. The molecule has 0 bridgehead atoms. The first kappa shape index (κ1) is 20.6. The zero-order valence-corrected chi connectivity index (χ0v) is 18.6. The van der Waals surface area contributed by atoms with E-state index in [-0.39, 0.29) is 11.6 Å². The van der Waals surface area contributed by atoms with E-state index < -0.39 is 0 Å². The summed E-state index contributed by atoms with van der Waals surface area (Å²) in [5.41, 5.74) is 4.93. The standard InChI is InChI=1S/C25H28N6O/c1-17-11-12-20-15-21(25(32)26-22(20)18(17)2)23(30-13-7-4-8-14-30)24-27-28-29-31(24)16-19-9-5-3-6-10-19/h3,5-6,9-12,15,23H,4,7-8,13-14,16H2,1-2H3,(H,26,32). The van der Waals surface area contributed by atoms with Gasteiger partial charge in [0.2, 0.25) is 0 Å². The lowest BCUT2D eigenvalue weighted by Crippen LogP contribution is -2.38. The van der Waals surface area contributed by atoms with Crippen molar-refractivity contribution >= 4 is 10.9 Å². The van der Waals surface area contributed by atoms with E-state index in [2.05, 4.69) is 63.5 Å². The van der Waals surface area contributed by atoms with Crippen molar-refractivity contribution in [1.29, 1.82) is 0 Å². The molecule has 5 rings (SSSR count). The van der Waals surface area contributed by atoms with Gasteiger partial charge in [0.25, 0.3) is 5.56 Å². The van der Waals surface area contributed by atoms with Crippen LogP contribution >= 0.6 is 0 Å². The molecule has 1 aliphatic heterocycles. The summed E-state index contributed by atoms with van der Waals surface area (Å²) < 4.78 is 1.83. The Hall–Kier alpha value is -3.32. The second-order valence-corrected chi connectivity index (χ2v) is 8.70. The van der Waals surface area contributed by atoms with Gasteiger partial charge in [0, 0.05) is 5.56 Å². The van der Waals surface area contributed by atoms with Gasteiger partial charge in [-0.15, -0.1) is 5.10 Å². The Kier molecular flexibility index (Phi) is 5.57. The third-order valence-electron chi connectivity index (χ3n) is 6.61. The number of piperidine rings is 1. The van der Waals surface area contributed by atoms with Crippen LogP contribution in [-0.4, -0.2) is 43.2 Å². The summed E-state index contributed by atoms with van der Waals surface area (Å²) in [7, 11) is 0. The number of nitrogens with zero attached hydrogens (tertiary/aromatic N) is 5. The Morgan fingerprint density at radius 2 is 1.81 bits per heavy atom. The average Bonchev–Trinajstić information content (AvgIpc) is 3.26. The zero-order chi connectivity index (χ0) is 22.1. The predicted octanol–water partition coefficient (Wildman–Crippen LogP) is 3.76. The monoisotopic (exact) mass is 428 g/mol. The normalized spacial score (nSPS) is 15.8. The fourth-order valence-electron chi connectivity index (χ4n) is 4.70. The number of nitrogens with one attached hydrogen (secondary N) is 1. The van der Waals surface area contributed by atoms with E-state index in [1.165, 1.54) is 12.0 Å². The molecule has 2 aromatic carbocycles. The molecule has 3 heterocycles. The number of hydrogen-bond donors (Lipinski definition) is 1. The highest BCUT2D eigenvalue weighted by molar-refractivity contribution is 5.83. The first-order valence-corrected chi connectivity index (χ1v) is 11.3. The largest absolute Gasteiger partial charge is 0.321 e. The van der Waals surface area contributed by atoms with E-state index in [0.29, 0.717) is 17.9 Å². The van der Waals surface area contributed by atoms with Crippen molar-refractivity contribution in [2.75, 3.05) is 13.1 Å². The summed E-state index contributed by atoms with van der Waals surface area (Å²) in [5, 5.41) is 13.7. The minimum absolute atomic E-state index is 0.0731. The number of aryl methyl sites for hydroxylation is 2. The maximum atomic E-state index is 13.4. The maximum absolute atomic E-state index is 13.4. The third kappa shape index (κ3) is 3.84. The molecule has 0 aliphatic carbocycles. The van der Waals surface area contributed by atoms with Gasteiger partial charge in [0.05, 0.1) is 12.1 Å². The van der Waals surface area contributed by atoms with Gasteiger partial charge in [0.1, 0.15) is 6.04 Å². The number of rotatable bonds is 5. The first-order chi connectivity index (χ1) is 15.6. The van der Waals surface area contributed by atoms with E-state index >= 15 is 0 Å². The molecule has 0 amide bonds. The molecule has 7 nitrogen and oxygen atoms in total. The molecule has 2 aromatic heterocycles. The Labute approximate surface area is 187 Å². The lowest BCUT2D eigenvalue weighted by atomic mass is 9.98. The van der Waals surface area contributed by atoms with Crippen molar-refractivity contribution in [3.8, 4) is 0 Å². The average molecular weight is 429 g/mol. The number of fused-ring (bicyclic) bond motifs is 1. The van der Waals surface area contributed by atoms with Crippen molar-refractivity contribution < 1.29 is 0 Å². The summed E-state index contributed by atoms with van der Waals surface area (Å²) >= 11 is 0. The van der Waals surface area contributed by atoms with Crippen LogP contribution in [0.4, 0.5) is 0 Å². The van der Waals surface area contributed by atoms with Crippen LogP contribution < -0.4 is 5.56 Å². The fraction of sp³-hybridized carbons (Fsp3) is 0.360. The van der Waals surface area contributed by atoms with Crippen molar-refractivity contribution in [1.82, 2.24) is 30.1 Å². The number of pyridine rings is 1. The molecule has 1 N–H and O–H groups in total. The summed E-state index contributed by atoms with van der Waals surface area (Å²) in [6.07, 6.45) is 3.44. The second kappa shape index (κ2) is 8.67. The summed E-state index contributed by atoms with van der Waals surface area (Å²) in [6, 6.07) is 16.1. The van der Waals surface area contributed by atoms with Crippen LogP contribution in [0.15, 0.2) is 53.3 Å². The number of likely N-dealkylation sites (tertiary alicyclic amines) is 1. The van der Waals surface area contributed by atoms with Crippen LogP contribution in [0.25, 0.3) is 10.9 Å². The minimum atomic E-state index is -0.288. The maximum Gasteiger partial charge on any atom is 0.253 e. The molecule has 7 heteroatoms. The molecule has 1 atom stereocenters. The van der Waals surface area contributed by atoms with Crippen LogP contribution in [0.2, 0.25) is 0 Å². The van der Waals surface area contributed by atoms with Crippen LogP contribution in [-0.2, 0) is 6.54 Å². The van der Waals surface area contributed by atoms with Gasteiger partial charge >= 0.3 is 0 Å². The summed E-state index contributed by atoms with van der Waals surface area (Å²) in [6.45, 7) is 6.53. The van der Waals surface area contributed by atoms with E-state index in [1.807, 2.05) is 28.9 Å². The topological polar surface area (TPSA) is 79.7 Å². The SMILES string of the molecule is Cc1ccc2cc(C(c3nnnn3Cc3ccccc3)N3CCCCC3)c(=O)[nH]c2c1C. The number of benzene rings is 2. The van der Waals surface area contributed by atoms with Crippen molar-refractivity contribution in [2.45, 2.75) is 45.7 Å². The van der Waals surface area contributed by atoms with E-state index in [9.17, 15) is 4.79 Å². The van der Waals surface area contributed by atoms with Gasteiger partial charge in [-0.3, -0.25) is 9.69 Å². The lowest BCUT2D eigenvalue weighted by Gasteiger charge is -2.33. The molecule has 32 heavy (non-hydrogen) atoms. The first-order valence-electron chi connectivity index (χ1n) is 11.3. The van der Waals surface area contributed by atoms with Crippen LogP contribution in [0, 0.1) is 13.8 Å². The van der Waals surface area contributed by atoms with Gasteiger partial charge in [-0.2, -0.15) is 0 Å². The highest BCUT2D eigenvalue weighted by atomic mass is 16.1. The second-order valence-electron chi connectivity index (χ2n) is 8.70. The van der Waals surface area contributed by atoms with Crippen molar-refractivity contribution in [3.05, 3.63) is 87.0 Å². The van der Waals surface area contributed by atoms with Crippen LogP contribution in [0.5, 0.6) is 0 Å². The number of tetrazole rings is 1. The van der Waals surface area contributed by atoms with Crippen LogP contribution in [0.1, 0.15) is 53.4 Å². The Morgan fingerprint density at radius 3 is 2.59 bits per heavy atom. The van der Waals surface area contributed by atoms with Crippen LogP contribution in [0.3, 0.4) is 0 Å². The third-order valence-corrected chi connectivity index (χ3v) is 6.61. The fourth-order valence-corrected chi connectivity index (χ4v) is 4.70. The number of aromatic nitrogens is 5. The molecule has 1 fully saturated rings. The molecule has 0 saturated carbocycles. The molecular weight excluding hydrogens is 400 g/mol. The number of hydrogen-bond acceptors (Lipinski definition) is 5. The quantitative estimate of drug-likeness (QED) is 0.524. The zero-order valence-electron chi connectivity index (χ0n) is 18.6. The van der Waals surface area contributed by atoms with Crippen molar-refractivity contribution in [2.24, 2.45) is 0 Å². The van der Waals surface area contributed by atoms with E-state index in [0.717, 1.165) is 48.0 Å². The minimum Gasteiger partial charge on any atom is -0.321 e. The Morgan fingerprint density at radius 1 is 1.03 bits per heavy atom. The lowest BCUT2D eigenvalue weighted by molar-refractivity contribution is 0.177. The molecule has 164 valence electrons. The highest BCUT2D eigenvalue weighted by Gasteiger charge is 2.31. The van der Waals surface area contributed by atoms with Gasteiger partial charge in [-0.25, -0.2) is 4.68 Å². The number of H-pyrrole nitrogens is 1. The molecule has 1 saturated heterocycles. The van der Waals surface area contributed by atoms with Gasteiger partial charge in [-0.1, -0.05) is 48.9 Å². The van der Waals surface area contributed by atoms with Gasteiger partial charge in [0.15, 0.2) is 5.82 Å². The van der Waals surface area contributed by atoms with Crippen molar-refractivity contribution in [3.63, 3.8) is 0 Å². The van der Waals surface area contributed by atoms with Gasteiger partial charge < -0.3 is 4.98 Å². The molecule has 0 radical (unpaired) electrons. The Balaban J connectivity index is 1.64. The van der Waals surface area contributed by atoms with E-state index in [1.54, 1.807) is 0 Å². The predicted molar refractivity (Wildman–Crippen MR) is 125 cm³/mol. The molecule has 1 unspecified atom stereocenters. The van der Waals surface area contributed by atoms with E-state index in [4.69, 9.17) is 0 Å². The summed E-state index contributed by atoms with van der Waals surface area (Å²) in [4.78, 5) is 18.9. The molecule has 4 aromatic rings. The molecule has 0 spiro atoms. The smallest absolute Gasteiger partial charge is 0.253 e. The number of aromatic amines is 1.